The fourth-order valence-electron chi connectivity index (χ4n) is 1.94. The molecule has 7 heteroatoms. The van der Waals surface area contributed by atoms with Crippen molar-refractivity contribution in [3.8, 4) is 0 Å². The van der Waals surface area contributed by atoms with E-state index >= 15 is 0 Å². The molecule has 1 aliphatic heterocycles. The van der Waals surface area contributed by atoms with E-state index in [-0.39, 0.29) is 11.9 Å². The van der Waals surface area contributed by atoms with Gasteiger partial charge in [0.05, 0.1) is 6.04 Å². The number of thioether (sulfide) groups is 1. The first-order valence-electron chi connectivity index (χ1n) is 5.59. The molecule has 1 aromatic heterocycles. The Bertz CT molecular complexity index is 395. The highest BCUT2D eigenvalue weighted by atomic mass is 32.2. The quantitative estimate of drug-likeness (QED) is 0.848. The molecule has 1 saturated heterocycles. The van der Waals surface area contributed by atoms with Gasteiger partial charge in [0.15, 0.2) is 0 Å². The van der Waals surface area contributed by atoms with Gasteiger partial charge in [-0.1, -0.05) is 18.2 Å². The molecule has 17 heavy (non-hydrogen) atoms. The molecule has 1 unspecified atom stereocenters. The molecule has 5 nitrogen and oxygen atoms in total. The van der Waals surface area contributed by atoms with Crippen LogP contribution in [-0.4, -0.2) is 46.1 Å². The van der Waals surface area contributed by atoms with Crippen LogP contribution in [0.25, 0.3) is 0 Å². The molecular weight excluding hydrogens is 256 g/mol. The van der Waals surface area contributed by atoms with E-state index in [9.17, 15) is 4.79 Å². The van der Waals surface area contributed by atoms with Crippen molar-refractivity contribution in [2.24, 2.45) is 0 Å². The Balaban J connectivity index is 1.95. The summed E-state index contributed by atoms with van der Waals surface area (Å²) in [5.74, 6) is 0.0380. The number of piperidine rings is 1. The minimum Gasteiger partial charge on any atom is -0.299 e. The number of carbonyl (C=O) groups is 1. The SMILES string of the molecule is CSc1nsc(NC(=O)C2CCCCN2C)n1. The topological polar surface area (TPSA) is 58.1 Å². The van der Waals surface area contributed by atoms with E-state index in [4.69, 9.17) is 0 Å². The smallest absolute Gasteiger partial charge is 0.243 e. The van der Waals surface area contributed by atoms with Gasteiger partial charge >= 0.3 is 0 Å². The van der Waals surface area contributed by atoms with E-state index in [1.807, 2.05) is 13.3 Å². The first-order chi connectivity index (χ1) is 8.20. The van der Waals surface area contributed by atoms with E-state index in [0.29, 0.717) is 10.3 Å². The van der Waals surface area contributed by atoms with Crippen LogP contribution < -0.4 is 5.32 Å². The minimum absolute atomic E-state index is 0.0228. The zero-order valence-corrected chi connectivity index (χ0v) is 11.6. The van der Waals surface area contributed by atoms with Crippen molar-refractivity contribution in [1.82, 2.24) is 14.3 Å². The van der Waals surface area contributed by atoms with E-state index < -0.39 is 0 Å². The number of carbonyl (C=O) groups excluding carboxylic acids is 1. The second kappa shape index (κ2) is 5.79. The summed E-state index contributed by atoms with van der Waals surface area (Å²) in [7, 11) is 2.00. The highest BCUT2D eigenvalue weighted by Crippen LogP contribution is 2.20. The number of likely N-dealkylation sites (N-methyl/N-ethyl adjacent to an activating group) is 1. The van der Waals surface area contributed by atoms with Crippen LogP contribution in [0.4, 0.5) is 5.13 Å². The molecule has 2 rings (SSSR count). The van der Waals surface area contributed by atoms with Gasteiger partial charge in [0.2, 0.25) is 16.2 Å². The second-order valence-corrected chi connectivity index (χ2v) is 5.59. The van der Waals surface area contributed by atoms with Crippen LogP contribution in [0.2, 0.25) is 0 Å². The number of anilines is 1. The number of nitrogens with zero attached hydrogens (tertiary/aromatic N) is 3. The van der Waals surface area contributed by atoms with Crippen LogP contribution in [0, 0.1) is 0 Å². The molecule has 1 aromatic rings. The van der Waals surface area contributed by atoms with Gasteiger partial charge in [0.25, 0.3) is 0 Å². The fraction of sp³-hybridized carbons (Fsp3) is 0.700. The van der Waals surface area contributed by atoms with Gasteiger partial charge in [0, 0.05) is 11.5 Å². The van der Waals surface area contributed by atoms with Gasteiger partial charge in [-0.25, -0.2) is 0 Å². The highest BCUT2D eigenvalue weighted by molar-refractivity contribution is 7.98. The summed E-state index contributed by atoms with van der Waals surface area (Å²) in [6.07, 6.45) is 5.14. The molecule has 0 bridgehead atoms. The fourth-order valence-corrected chi connectivity index (χ4v) is 3.07. The van der Waals surface area contributed by atoms with Gasteiger partial charge < -0.3 is 0 Å². The zero-order chi connectivity index (χ0) is 12.3. The van der Waals surface area contributed by atoms with Gasteiger partial charge in [-0.2, -0.15) is 9.36 Å². The Hall–Kier alpha value is -0.660. The van der Waals surface area contributed by atoms with Crippen molar-refractivity contribution < 1.29 is 4.79 Å². The lowest BCUT2D eigenvalue weighted by Gasteiger charge is -2.30. The van der Waals surface area contributed by atoms with Crippen molar-refractivity contribution in [3.63, 3.8) is 0 Å². The summed E-state index contributed by atoms with van der Waals surface area (Å²) in [6.45, 7) is 0.990. The van der Waals surface area contributed by atoms with Crippen molar-refractivity contribution in [1.29, 1.82) is 0 Å². The van der Waals surface area contributed by atoms with Gasteiger partial charge in [-0.05, 0) is 32.7 Å². The molecule has 0 spiro atoms. The largest absolute Gasteiger partial charge is 0.299 e. The Kier molecular flexibility index (Phi) is 4.36. The Morgan fingerprint density at radius 2 is 2.41 bits per heavy atom. The third-order valence-corrected chi connectivity index (χ3v) is 4.19. The van der Waals surface area contributed by atoms with E-state index in [0.717, 1.165) is 19.4 Å². The number of amides is 1. The Morgan fingerprint density at radius 3 is 3.06 bits per heavy atom. The van der Waals surface area contributed by atoms with Crippen LogP contribution in [0.3, 0.4) is 0 Å². The molecule has 1 N–H and O–H groups in total. The molecule has 0 aromatic carbocycles. The maximum absolute atomic E-state index is 12.1. The molecular formula is C10H16N4OS2. The maximum atomic E-state index is 12.1. The molecule has 2 heterocycles. The molecule has 0 radical (unpaired) electrons. The highest BCUT2D eigenvalue weighted by Gasteiger charge is 2.26. The predicted molar refractivity (Wildman–Crippen MR) is 70.6 cm³/mol. The van der Waals surface area contributed by atoms with Crippen molar-refractivity contribution in [2.75, 3.05) is 25.2 Å². The number of nitrogens with one attached hydrogen (secondary N) is 1. The van der Waals surface area contributed by atoms with Crippen molar-refractivity contribution in [3.05, 3.63) is 0 Å². The number of likely N-dealkylation sites (tertiary alicyclic amines) is 1. The molecule has 1 amide bonds. The standard InChI is InChI=1S/C10H16N4OS2/c1-14-6-4-3-5-7(14)8(15)11-9-12-10(16-2)13-17-9/h7H,3-6H2,1-2H3,(H,11,12,13,15). The first kappa shape index (κ1) is 12.8. The van der Waals surface area contributed by atoms with E-state index in [2.05, 4.69) is 19.6 Å². The summed E-state index contributed by atoms with van der Waals surface area (Å²) < 4.78 is 4.12. The number of rotatable bonds is 3. The normalized spacial score (nSPS) is 21.4. The average Bonchev–Trinajstić information content (AvgIpc) is 2.77. The Labute approximate surface area is 109 Å². The second-order valence-electron chi connectivity index (χ2n) is 4.07. The third kappa shape index (κ3) is 3.17. The minimum atomic E-state index is -0.0228. The maximum Gasteiger partial charge on any atom is 0.243 e. The van der Waals surface area contributed by atoms with Crippen LogP contribution in [-0.2, 0) is 4.79 Å². The number of hydrogen-bond donors (Lipinski definition) is 1. The van der Waals surface area contributed by atoms with Crippen LogP contribution in [0.1, 0.15) is 19.3 Å². The molecule has 94 valence electrons. The molecule has 0 aliphatic carbocycles. The number of hydrogen-bond acceptors (Lipinski definition) is 6. The van der Waals surface area contributed by atoms with E-state index in [1.54, 1.807) is 0 Å². The van der Waals surface area contributed by atoms with Crippen LogP contribution >= 0.6 is 23.3 Å². The average molecular weight is 272 g/mol. The van der Waals surface area contributed by atoms with Gasteiger partial charge in [-0.3, -0.25) is 15.0 Å². The zero-order valence-electron chi connectivity index (χ0n) is 9.97. The molecule has 1 atom stereocenters. The lowest BCUT2D eigenvalue weighted by molar-refractivity contribution is -0.121. The van der Waals surface area contributed by atoms with Gasteiger partial charge in [0.1, 0.15) is 0 Å². The molecule has 1 fully saturated rings. The first-order valence-corrected chi connectivity index (χ1v) is 7.59. The third-order valence-electron chi connectivity index (χ3n) is 2.89. The van der Waals surface area contributed by atoms with Crippen LogP contribution in [0.5, 0.6) is 0 Å². The monoisotopic (exact) mass is 272 g/mol. The Morgan fingerprint density at radius 1 is 1.59 bits per heavy atom. The lowest BCUT2D eigenvalue weighted by Crippen LogP contribution is -2.44. The summed E-state index contributed by atoms with van der Waals surface area (Å²) in [5.41, 5.74) is 0. The summed E-state index contributed by atoms with van der Waals surface area (Å²) >= 11 is 2.71. The van der Waals surface area contributed by atoms with Crippen molar-refractivity contribution in [2.45, 2.75) is 30.5 Å². The molecule has 0 saturated carbocycles. The summed E-state index contributed by atoms with van der Waals surface area (Å²) in [6, 6.07) is -0.0228. The van der Waals surface area contributed by atoms with Crippen LogP contribution in [0.15, 0.2) is 5.16 Å². The summed E-state index contributed by atoms with van der Waals surface area (Å²) in [4.78, 5) is 18.4. The van der Waals surface area contributed by atoms with E-state index in [1.165, 1.54) is 29.7 Å². The molecule has 1 aliphatic rings. The lowest BCUT2D eigenvalue weighted by atomic mass is 10.0. The predicted octanol–water partition coefficient (Wildman–Crippen LogP) is 1.68. The summed E-state index contributed by atoms with van der Waals surface area (Å²) in [5, 5.41) is 4.15. The van der Waals surface area contributed by atoms with Crippen molar-refractivity contribution >= 4 is 34.3 Å². The van der Waals surface area contributed by atoms with Gasteiger partial charge in [-0.15, -0.1) is 0 Å². The number of aromatic nitrogens is 2.